The van der Waals surface area contributed by atoms with E-state index in [1.54, 1.807) is 0 Å². The molecule has 4 rings (SSSR count). The van der Waals surface area contributed by atoms with Crippen LogP contribution in [0.3, 0.4) is 0 Å². The Morgan fingerprint density at radius 2 is 1.61 bits per heavy atom. The molecular formula is C21H17NO. The molecule has 1 aromatic heterocycles. The van der Waals surface area contributed by atoms with Crippen LogP contribution in [-0.4, -0.2) is 10.9 Å². The van der Waals surface area contributed by atoms with E-state index in [9.17, 15) is 4.79 Å². The zero-order chi connectivity index (χ0) is 15.8. The zero-order valence-electron chi connectivity index (χ0n) is 13.0. The summed E-state index contributed by atoms with van der Waals surface area (Å²) in [5.41, 5.74) is 5.47. The topological polar surface area (TPSA) is 22.0 Å². The second kappa shape index (κ2) is 5.40. The van der Waals surface area contributed by atoms with Crippen molar-refractivity contribution in [1.29, 1.82) is 0 Å². The van der Waals surface area contributed by atoms with E-state index in [1.165, 1.54) is 10.9 Å². The molecule has 3 aromatic carbocycles. The highest BCUT2D eigenvalue weighted by Crippen LogP contribution is 2.32. The number of aldehydes is 1. The van der Waals surface area contributed by atoms with E-state index < -0.39 is 0 Å². The van der Waals surface area contributed by atoms with Crippen LogP contribution in [0.4, 0.5) is 0 Å². The lowest BCUT2D eigenvalue weighted by Gasteiger charge is -2.08. The summed E-state index contributed by atoms with van der Waals surface area (Å²) >= 11 is 0. The number of hydrogen-bond donors (Lipinski definition) is 0. The summed E-state index contributed by atoms with van der Waals surface area (Å²) in [7, 11) is 0. The molecule has 0 amide bonds. The molecule has 0 bridgehead atoms. The molecule has 0 aliphatic heterocycles. The second-order valence-corrected chi connectivity index (χ2v) is 5.77. The van der Waals surface area contributed by atoms with E-state index in [0.29, 0.717) is 5.56 Å². The third-order valence-corrected chi connectivity index (χ3v) is 4.44. The Balaban J connectivity index is 2.08. The molecule has 112 valence electrons. The normalized spacial score (nSPS) is 11.2. The number of aryl methyl sites for hydroxylation is 1. The lowest BCUT2D eigenvalue weighted by molar-refractivity contribution is 0.112. The maximum Gasteiger partial charge on any atom is 0.150 e. The zero-order valence-corrected chi connectivity index (χ0v) is 13.0. The van der Waals surface area contributed by atoms with Crippen LogP contribution in [0.2, 0.25) is 0 Å². The number of benzene rings is 3. The van der Waals surface area contributed by atoms with Gasteiger partial charge in [0.2, 0.25) is 0 Å². The van der Waals surface area contributed by atoms with Gasteiger partial charge in [-0.25, -0.2) is 0 Å². The van der Waals surface area contributed by atoms with Crippen molar-refractivity contribution >= 4 is 28.1 Å². The van der Waals surface area contributed by atoms with Gasteiger partial charge in [0.15, 0.2) is 0 Å². The number of fused-ring (bicyclic) bond motifs is 3. The molecule has 0 aliphatic rings. The number of hydrogen-bond acceptors (Lipinski definition) is 1. The number of rotatable bonds is 3. The number of carbonyl (C=O) groups excluding carboxylic acids is 1. The summed E-state index contributed by atoms with van der Waals surface area (Å²) in [6.45, 7) is 2.16. The highest BCUT2D eigenvalue weighted by molar-refractivity contribution is 6.10. The van der Waals surface area contributed by atoms with Gasteiger partial charge >= 0.3 is 0 Å². The number of carbonyl (C=O) groups is 1. The van der Waals surface area contributed by atoms with Gasteiger partial charge < -0.3 is 4.57 Å². The molecule has 0 fully saturated rings. The Kier molecular flexibility index (Phi) is 3.23. The van der Waals surface area contributed by atoms with Crippen molar-refractivity contribution in [3.05, 3.63) is 77.9 Å². The van der Waals surface area contributed by atoms with Crippen LogP contribution >= 0.6 is 0 Å². The van der Waals surface area contributed by atoms with Gasteiger partial charge in [-0.3, -0.25) is 4.79 Å². The second-order valence-electron chi connectivity index (χ2n) is 5.77. The van der Waals surface area contributed by atoms with Crippen molar-refractivity contribution in [3.8, 4) is 5.69 Å². The molecule has 23 heavy (non-hydrogen) atoms. The lowest BCUT2D eigenvalue weighted by atomic mass is 10.1. The molecule has 0 radical (unpaired) electrons. The third kappa shape index (κ3) is 2.15. The average Bonchev–Trinajstić information content (AvgIpc) is 2.95. The summed E-state index contributed by atoms with van der Waals surface area (Å²) in [5, 5.41) is 2.29. The first-order valence-corrected chi connectivity index (χ1v) is 7.89. The predicted molar refractivity (Wildman–Crippen MR) is 95.5 cm³/mol. The van der Waals surface area contributed by atoms with Crippen LogP contribution in [0, 0.1) is 0 Å². The molecule has 0 N–H and O–H groups in total. The predicted octanol–water partition coefficient (Wildman–Crippen LogP) is 5.16. The average molecular weight is 299 g/mol. The van der Waals surface area contributed by atoms with Gasteiger partial charge in [-0.2, -0.15) is 0 Å². The molecule has 0 saturated carbocycles. The Hall–Kier alpha value is -2.87. The van der Waals surface area contributed by atoms with Crippen molar-refractivity contribution in [2.75, 3.05) is 0 Å². The molecule has 2 nitrogen and oxygen atoms in total. The van der Waals surface area contributed by atoms with Gasteiger partial charge in [-0.05, 0) is 48.4 Å². The van der Waals surface area contributed by atoms with E-state index >= 15 is 0 Å². The molecule has 1 heterocycles. The van der Waals surface area contributed by atoms with Crippen molar-refractivity contribution in [2.45, 2.75) is 13.3 Å². The smallest absolute Gasteiger partial charge is 0.150 e. The summed E-state index contributed by atoms with van der Waals surface area (Å²) < 4.78 is 2.26. The van der Waals surface area contributed by atoms with Gasteiger partial charge in [0, 0.05) is 22.0 Å². The first-order chi connectivity index (χ1) is 11.3. The molecule has 0 unspecified atom stereocenters. The van der Waals surface area contributed by atoms with E-state index in [0.717, 1.165) is 34.8 Å². The highest BCUT2D eigenvalue weighted by atomic mass is 16.1. The Bertz CT molecular complexity index is 1010. The van der Waals surface area contributed by atoms with E-state index in [2.05, 4.69) is 54.0 Å². The number of para-hydroxylation sites is 1. The van der Waals surface area contributed by atoms with Crippen molar-refractivity contribution in [3.63, 3.8) is 0 Å². The number of nitrogens with zero attached hydrogens (tertiary/aromatic N) is 1. The Morgan fingerprint density at radius 1 is 0.870 bits per heavy atom. The third-order valence-electron chi connectivity index (χ3n) is 4.44. The lowest BCUT2D eigenvalue weighted by Crippen LogP contribution is -1.94. The van der Waals surface area contributed by atoms with Crippen LogP contribution in [0.15, 0.2) is 66.7 Å². The maximum atomic E-state index is 11.1. The monoisotopic (exact) mass is 299 g/mol. The Labute approximate surface area is 135 Å². The highest BCUT2D eigenvalue weighted by Gasteiger charge is 2.12. The fourth-order valence-corrected chi connectivity index (χ4v) is 3.22. The van der Waals surface area contributed by atoms with Gasteiger partial charge in [-0.1, -0.05) is 37.3 Å². The van der Waals surface area contributed by atoms with E-state index in [-0.39, 0.29) is 0 Å². The van der Waals surface area contributed by atoms with Gasteiger partial charge in [-0.15, -0.1) is 0 Å². The molecule has 4 aromatic rings. The van der Waals surface area contributed by atoms with E-state index in [1.807, 2.05) is 24.3 Å². The van der Waals surface area contributed by atoms with Crippen LogP contribution in [-0.2, 0) is 6.42 Å². The minimum Gasteiger partial charge on any atom is -0.309 e. The summed E-state index contributed by atoms with van der Waals surface area (Å²) in [6, 6.07) is 22.9. The molecule has 0 saturated heterocycles. The fraction of sp³-hybridized carbons (Fsp3) is 0.0952. The molecule has 0 spiro atoms. The van der Waals surface area contributed by atoms with Crippen molar-refractivity contribution < 1.29 is 4.79 Å². The Morgan fingerprint density at radius 3 is 2.35 bits per heavy atom. The van der Waals surface area contributed by atoms with Crippen molar-refractivity contribution in [2.24, 2.45) is 0 Å². The quantitative estimate of drug-likeness (QED) is 0.479. The molecule has 0 atom stereocenters. The van der Waals surface area contributed by atoms with Crippen LogP contribution < -0.4 is 0 Å². The molecule has 0 aliphatic carbocycles. The van der Waals surface area contributed by atoms with Crippen molar-refractivity contribution in [1.82, 2.24) is 4.57 Å². The number of aromatic nitrogens is 1. The largest absolute Gasteiger partial charge is 0.309 e. The first kappa shape index (κ1) is 13.8. The standard InChI is InChI=1S/C21H17NO/c1-2-15-7-10-17(11-8-15)22-20-6-4-3-5-18(20)19-13-16(14-23)9-12-21(19)22/h3-14H,2H2,1H3. The van der Waals surface area contributed by atoms with Crippen LogP contribution in [0.1, 0.15) is 22.8 Å². The fourth-order valence-electron chi connectivity index (χ4n) is 3.22. The maximum absolute atomic E-state index is 11.1. The SMILES string of the molecule is CCc1ccc(-n2c3ccccc3c3cc(C=O)ccc32)cc1. The van der Waals surface area contributed by atoms with Gasteiger partial charge in [0.25, 0.3) is 0 Å². The van der Waals surface area contributed by atoms with Crippen LogP contribution in [0.5, 0.6) is 0 Å². The summed E-state index contributed by atoms with van der Waals surface area (Å²) in [6.07, 6.45) is 1.94. The van der Waals surface area contributed by atoms with Crippen LogP contribution in [0.25, 0.3) is 27.5 Å². The van der Waals surface area contributed by atoms with E-state index in [4.69, 9.17) is 0 Å². The van der Waals surface area contributed by atoms with Gasteiger partial charge in [0.1, 0.15) is 6.29 Å². The minimum atomic E-state index is 0.710. The molecule has 2 heteroatoms. The summed E-state index contributed by atoms with van der Waals surface area (Å²) in [5.74, 6) is 0. The minimum absolute atomic E-state index is 0.710. The first-order valence-electron chi connectivity index (χ1n) is 7.89. The molecular weight excluding hydrogens is 282 g/mol. The summed E-state index contributed by atoms with van der Waals surface area (Å²) in [4.78, 5) is 11.1. The van der Waals surface area contributed by atoms with Gasteiger partial charge in [0.05, 0.1) is 11.0 Å².